The summed E-state index contributed by atoms with van der Waals surface area (Å²) in [5.74, 6) is 3.47. The van der Waals surface area contributed by atoms with Crippen molar-refractivity contribution in [3.05, 3.63) is 28.2 Å². The van der Waals surface area contributed by atoms with E-state index >= 15 is 0 Å². The van der Waals surface area contributed by atoms with Gasteiger partial charge in [-0.05, 0) is 36.4 Å². The smallest absolute Gasteiger partial charge is 0.231 e. The van der Waals surface area contributed by atoms with Crippen LogP contribution in [0, 0.1) is 12.3 Å². The molecule has 0 aliphatic rings. The first-order chi connectivity index (χ1) is 11.6. The number of aromatic nitrogens is 3. The highest BCUT2D eigenvalue weighted by molar-refractivity contribution is 7.99. The summed E-state index contributed by atoms with van der Waals surface area (Å²) in [7, 11) is 0. The Balaban J connectivity index is 1.87. The number of thioether (sulfide) groups is 1. The van der Waals surface area contributed by atoms with Gasteiger partial charge in [-0.1, -0.05) is 37.6 Å². The molecule has 0 unspecified atom stereocenters. The summed E-state index contributed by atoms with van der Waals surface area (Å²) in [5, 5.41) is 12.4. The van der Waals surface area contributed by atoms with Crippen molar-refractivity contribution in [1.29, 1.82) is 0 Å². The molecular formula is C17H20N4OS2. The molecule has 0 aliphatic carbocycles. The van der Waals surface area contributed by atoms with E-state index in [0.29, 0.717) is 23.8 Å². The number of H-pyrrole nitrogens is 1. The van der Waals surface area contributed by atoms with E-state index in [1.165, 1.54) is 11.8 Å². The molecule has 2 N–H and O–H groups in total. The Morgan fingerprint density at radius 3 is 2.92 bits per heavy atom. The van der Waals surface area contributed by atoms with Gasteiger partial charge in [-0.15, -0.1) is 22.9 Å². The Kier molecular flexibility index (Phi) is 6.64. The fourth-order valence-corrected chi connectivity index (χ4v) is 3.27. The molecule has 0 fully saturated rings. The minimum Gasteiger partial charge on any atom is -0.339 e. The highest BCUT2D eigenvalue weighted by atomic mass is 32.2. The van der Waals surface area contributed by atoms with Crippen LogP contribution in [0.3, 0.4) is 0 Å². The first-order valence-corrected chi connectivity index (χ1v) is 9.53. The first-order valence-electron chi connectivity index (χ1n) is 7.66. The molecule has 2 aromatic heterocycles. The molecule has 0 saturated carbocycles. The number of hydrogen-bond donors (Lipinski definition) is 2. The fourth-order valence-electron chi connectivity index (χ4n) is 2.04. The van der Waals surface area contributed by atoms with Crippen molar-refractivity contribution in [3.8, 4) is 12.3 Å². The number of nitrogens with zero attached hydrogens (tertiary/aromatic N) is 2. The van der Waals surface area contributed by atoms with Crippen LogP contribution < -0.4 is 5.32 Å². The zero-order valence-electron chi connectivity index (χ0n) is 13.7. The number of rotatable bonds is 8. The van der Waals surface area contributed by atoms with Gasteiger partial charge in [0.2, 0.25) is 11.1 Å². The highest BCUT2D eigenvalue weighted by Crippen LogP contribution is 2.17. The van der Waals surface area contributed by atoms with Gasteiger partial charge in [-0.2, -0.15) is 0 Å². The molecule has 0 aromatic carbocycles. The number of nitrogens with one attached hydrogen (secondary N) is 2. The molecule has 0 bridgehead atoms. The third kappa shape index (κ3) is 4.98. The van der Waals surface area contributed by atoms with Gasteiger partial charge in [0.1, 0.15) is 11.4 Å². The Hall–Kier alpha value is -2.04. The van der Waals surface area contributed by atoms with E-state index < -0.39 is 5.54 Å². The summed E-state index contributed by atoms with van der Waals surface area (Å²) >= 11 is 2.93. The van der Waals surface area contributed by atoms with Crippen molar-refractivity contribution in [2.75, 3.05) is 5.75 Å². The van der Waals surface area contributed by atoms with E-state index in [1.807, 2.05) is 43.5 Å². The molecule has 0 radical (unpaired) electrons. The predicted octanol–water partition coefficient (Wildman–Crippen LogP) is 3.44. The second-order valence-electron chi connectivity index (χ2n) is 5.12. The van der Waals surface area contributed by atoms with Crippen LogP contribution in [0.5, 0.6) is 0 Å². The van der Waals surface area contributed by atoms with Crippen LogP contribution in [0.25, 0.3) is 12.2 Å². The van der Waals surface area contributed by atoms with E-state index in [9.17, 15) is 4.79 Å². The van der Waals surface area contributed by atoms with Crippen molar-refractivity contribution < 1.29 is 4.79 Å². The zero-order chi connectivity index (χ0) is 17.4. The Morgan fingerprint density at radius 1 is 1.50 bits per heavy atom. The van der Waals surface area contributed by atoms with E-state index in [1.54, 1.807) is 11.3 Å². The van der Waals surface area contributed by atoms with Crippen LogP contribution in [0.4, 0.5) is 0 Å². The number of hydrogen-bond acceptors (Lipinski definition) is 5. The van der Waals surface area contributed by atoms with Gasteiger partial charge in [0.25, 0.3) is 0 Å². The number of carbonyl (C=O) groups is 1. The van der Waals surface area contributed by atoms with E-state index in [4.69, 9.17) is 6.42 Å². The Morgan fingerprint density at radius 2 is 2.29 bits per heavy atom. The van der Waals surface area contributed by atoms with Crippen molar-refractivity contribution in [3.63, 3.8) is 0 Å². The molecule has 2 aromatic rings. The van der Waals surface area contributed by atoms with Crippen molar-refractivity contribution in [2.24, 2.45) is 0 Å². The second kappa shape index (κ2) is 8.71. The SMILES string of the molecule is C#CC(CC)(CC)NC(=O)CSc1n[nH]c(/C=C/c2cccs2)n1. The standard InChI is InChI=1S/C17H20N4OS2/c1-4-17(5-2,6-3)19-15(22)12-24-16-18-14(20-21-16)10-9-13-8-7-11-23-13/h1,7-11H,5-6,12H2,2-3H3,(H,19,22)(H,18,20,21)/b10-9+. The first kappa shape index (κ1) is 18.3. The summed E-state index contributed by atoms with van der Waals surface area (Å²) < 4.78 is 0. The van der Waals surface area contributed by atoms with E-state index in [0.717, 1.165) is 4.88 Å². The molecule has 1 amide bonds. The van der Waals surface area contributed by atoms with Gasteiger partial charge in [0.05, 0.1) is 5.75 Å². The lowest BCUT2D eigenvalue weighted by Crippen LogP contribution is -2.47. The maximum absolute atomic E-state index is 12.1. The van der Waals surface area contributed by atoms with Crippen LogP contribution in [-0.4, -0.2) is 32.4 Å². The van der Waals surface area contributed by atoms with Crippen LogP contribution in [0.15, 0.2) is 22.7 Å². The predicted molar refractivity (Wildman–Crippen MR) is 101 cm³/mol. The van der Waals surface area contributed by atoms with Gasteiger partial charge >= 0.3 is 0 Å². The van der Waals surface area contributed by atoms with Gasteiger partial charge in [0.15, 0.2) is 0 Å². The van der Waals surface area contributed by atoms with Gasteiger partial charge in [0, 0.05) is 4.88 Å². The quantitative estimate of drug-likeness (QED) is 0.559. The highest BCUT2D eigenvalue weighted by Gasteiger charge is 2.25. The molecule has 5 nitrogen and oxygen atoms in total. The van der Waals surface area contributed by atoms with Crippen LogP contribution in [0.1, 0.15) is 37.4 Å². The molecule has 7 heteroatoms. The molecule has 0 saturated heterocycles. The summed E-state index contributed by atoms with van der Waals surface area (Å²) in [6.45, 7) is 3.94. The molecule has 24 heavy (non-hydrogen) atoms. The topological polar surface area (TPSA) is 70.7 Å². The maximum Gasteiger partial charge on any atom is 0.231 e. The number of thiophene rings is 1. The lowest BCUT2D eigenvalue weighted by Gasteiger charge is -2.26. The molecular weight excluding hydrogens is 340 g/mol. The summed E-state index contributed by atoms with van der Waals surface area (Å²) in [6, 6.07) is 4.02. The third-order valence-corrected chi connectivity index (χ3v) is 5.31. The molecule has 2 rings (SSSR count). The molecule has 2 heterocycles. The van der Waals surface area contributed by atoms with E-state index in [2.05, 4.69) is 26.4 Å². The minimum absolute atomic E-state index is 0.109. The molecule has 0 aliphatic heterocycles. The van der Waals surface area contributed by atoms with Crippen molar-refractivity contribution in [1.82, 2.24) is 20.5 Å². The minimum atomic E-state index is -0.564. The normalized spacial score (nSPS) is 11.5. The van der Waals surface area contributed by atoms with Crippen molar-refractivity contribution in [2.45, 2.75) is 37.4 Å². The van der Waals surface area contributed by atoms with Crippen molar-refractivity contribution >= 4 is 41.2 Å². The van der Waals surface area contributed by atoms with Crippen LogP contribution in [0.2, 0.25) is 0 Å². The largest absolute Gasteiger partial charge is 0.339 e. The Bertz CT molecular complexity index is 724. The maximum atomic E-state index is 12.1. The lowest BCUT2D eigenvalue weighted by atomic mass is 9.94. The average molecular weight is 361 g/mol. The Labute approximate surface area is 150 Å². The fraction of sp³-hybridized carbons (Fsp3) is 0.353. The zero-order valence-corrected chi connectivity index (χ0v) is 15.3. The average Bonchev–Trinajstić information content (AvgIpc) is 3.27. The number of terminal acetylenes is 1. The van der Waals surface area contributed by atoms with Gasteiger partial charge in [-0.25, -0.2) is 4.98 Å². The third-order valence-electron chi connectivity index (χ3n) is 3.63. The van der Waals surface area contributed by atoms with Gasteiger partial charge < -0.3 is 5.32 Å². The van der Waals surface area contributed by atoms with Gasteiger partial charge in [-0.3, -0.25) is 9.89 Å². The number of aromatic amines is 1. The summed E-state index contributed by atoms with van der Waals surface area (Å²) in [4.78, 5) is 17.6. The lowest BCUT2D eigenvalue weighted by molar-refractivity contribution is -0.119. The van der Waals surface area contributed by atoms with Crippen LogP contribution in [-0.2, 0) is 4.79 Å². The summed E-state index contributed by atoms with van der Waals surface area (Å²) in [5.41, 5.74) is -0.564. The number of carbonyl (C=O) groups excluding carboxylic acids is 1. The number of amides is 1. The van der Waals surface area contributed by atoms with Crippen LogP contribution >= 0.6 is 23.1 Å². The monoisotopic (exact) mass is 360 g/mol. The molecule has 0 atom stereocenters. The van der Waals surface area contributed by atoms with E-state index in [-0.39, 0.29) is 11.7 Å². The molecule has 126 valence electrons. The molecule has 0 spiro atoms. The second-order valence-corrected chi connectivity index (χ2v) is 7.04. The summed E-state index contributed by atoms with van der Waals surface area (Å²) in [6.07, 6.45) is 10.8.